The molecule has 0 saturated heterocycles. The van der Waals surface area contributed by atoms with Crippen molar-refractivity contribution >= 4 is 24.1 Å². The molecule has 0 spiro atoms. The van der Waals surface area contributed by atoms with Gasteiger partial charge in [0, 0.05) is 0 Å². The predicted octanol–water partition coefficient (Wildman–Crippen LogP) is 2.83. The molecule has 27 heavy (non-hydrogen) atoms. The molecular weight excluding hydrogens is 382 g/mol. The molecule has 1 heterocycles. The quantitative estimate of drug-likeness (QED) is 0.753. The summed E-state index contributed by atoms with van der Waals surface area (Å²) in [6.45, 7) is 12.0. The van der Waals surface area contributed by atoms with Crippen molar-refractivity contribution in [2.45, 2.75) is 63.0 Å². The zero-order valence-electron chi connectivity index (χ0n) is 16.8. The SMILES string of the molecule is Cc1ccc(S(=O)(=O)N2C(O)C=CC(=O)[C@H]2CO[Si](C)(C)C(C)(C)C)cc1. The number of hydrogen-bond acceptors (Lipinski definition) is 5. The summed E-state index contributed by atoms with van der Waals surface area (Å²) in [6, 6.07) is 5.23. The number of nitrogens with zero attached hydrogens (tertiary/aromatic N) is 1. The average Bonchev–Trinajstić information content (AvgIpc) is 2.54. The molecule has 0 fully saturated rings. The second kappa shape index (κ2) is 7.60. The monoisotopic (exact) mass is 411 g/mol. The molecular formula is C19H29NO5SSi. The van der Waals surface area contributed by atoms with E-state index >= 15 is 0 Å². The Kier molecular flexibility index (Phi) is 6.18. The van der Waals surface area contributed by atoms with E-state index in [4.69, 9.17) is 4.43 Å². The van der Waals surface area contributed by atoms with Crippen molar-refractivity contribution in [3.63, 3.8) is 0 Å². The Labute approximate surface area is 163 Å². The number of sulfonamides is 1. The summed E-state index contributed by atoms with van der Waals surface area (Å²) < 4.78 is 33.2. The van der Waals surface area contributed by atoms with Crippen molar-refractivity contribution in [1.82, 2.24) is 4.31 Å². The number of carbonyl (C=O) groups is 1. The molecule has 1 aromatic carbocycles. The molecule has 8 heteroatoms. The van der Waals surface area contributed by atoms with Crippen molar-refractivity contribution in [2.75, 3.05) is 6.61 Å². The highest BCUT2D eigenvalue weighted by Gasteiger charge is 2.44. The van der Waals surface area contributed by atoms with Gasteiger partial charge in [0.15, 0.2) is 14.1 Å². The maximum atomic E-state index is 13.1. The molecule has 0 saturated carbocycles. The first-order valence-electron chi connectivity index (χ1n) is 8.92. The minimum Gasteiger partial charge on any atom is -0.415 e. The van der Waals surface area contributed by atoms with Crippen molar-refractivity contribution in [1.29, 1.82) is 0 Å². The lowest BCUT2D eigenvalue weighted by atomic mass is 10.1. The lowest BCUT2D eigenvalue weighted by Gasteiger charge is -2.40. The van der Waals surface area contributed by atoms with E-state index in [-0.39, 0.29) is 16.5 Å². The van der Waals surface area contributed by atoms with E-state index in [1.54, 1.807) is 12.1 Å². The van der Waals surface area contributed by atoms with Crippen molar-refractivity contribution in [3.05, 3.63) is 42.0 Å². The van der Waals surface area contributed by atoms with E-state index in [9.17, 15) is 18.3 Å². The van der Waals surface area contributed by atoms with Gasteiger partial charge < -0.3 is 9.53 Å². The van der Waals surface area contributed by atoms with Gasteiger partial charge in [-0.05, 0) is 49.3 Å². The van der Waals surface area contributed by atoms with E-state index in [1.807, 2.05) is 20.0 Å². The third-order valence-corrected chi connectivity index (χ3v) is 11.7. The molecule has 2 atom stereocenters. The second-order valence-corrected chi connectivity index (χ2v) is 15.1. The number of aliphatic hydroxyl groups excluding tert-OH is 1. The molecule has 1 unspecified atom stereocenters. The van der Waals surface area contributed by atoms with Crippen LogP contribution in [0, 0.1) is 6.92 Å². The number of hydrogen-bond donors (Lipinski definition) is 1. The second-order valence-electron chi connectivity index (χ2n) is 8.41. The summed E-state index contributed by atoms with van der Waals surface area (Å²) in [7, 11) is -6.26. The Bertz CT molecular complexity index is 825. The minimum atomic E-state index is -4.07. The summed E-state index contributed by atoms with van der Waals surface area (Å²) in [5.74, 6) is -0.394. The normalized spacial score (nSPS) is 22.3. The molecule has 1 aromatic rings. The first-order valence-corrected chi connectivity index (χ1v) is 13.3. The number of benzene rings is 1. The van der Waals surface area contributed by atoms with E-state index in [2.05, 4.69) is 20.8 Å². The van der Waals surface area contributed by atoms with Crippen LogP contribution in [0.25, 0.3) is 0 Å². The molecule has 1 aliphatic heterocycles. The van der Waals surface area contributed by atoms with E-state index in [0.717, 1.165) is 9.87 Å². The van der Waals surface area contributed by atoms with Crippen LogP contribution in [0.2, 0.25) is 18.1 Å². The standard InChI is InChI=1S/C19H29NO5SSi/c1-14-7-9-15(10-8-14)26(23,24)20-16(17(21)11-12-18(20)22)13-25-27(5,6)19(2,3)4/h7-12,16,18,22H,13H2,1-6H3/t16-,18?/m1/s1. The third kappa shape index (κ3) is 4.57. The smallest absolute Gasteiger partial charge is 0.246 e. The Hall–Kier alpha value is -1.32. The molecule has 0 radical (unpaired) electrons. The first-order chi connectivity index (χ1) is 12.3. The highest BCUT2D eigenvalue weighted by atomic mass is 32.2. The fourth-order valence-corrected chi connectivity index (χ4v) is 5.07. The molecule has 0 amide bonds. The first kappa shape index (κ1) is 22.0. The lowest BCUT2D eigenvalue weighted by Crippen LogP contribution is -2.55. The van der Waals surface area contributed by atoms with Crippen LogP contribution in [-0.2, 0) is 19.2 Å². The Morgan fingerprint density at radius 1 is 1.19 bits per heavy atom. The van der Waals surface area contributed by atoms with Crippen molar-refractivity contribution in [2.24, 2.45) is 0 Å². The van der Waals surface area contributed by atoms with Gasteiger partial charge in [-0.1, -0.05) is 38.5 Å². The third-order valence-electron chi connectivity index (χ3n) is 5.33. The molecule has 1 N–H and O–H groups in total. The van der Waals surface area contributed by atoms with Crippen molar-refractivity contribution < 1.29 is 22.7 Å². The van der Waals surface area contributed by atoms with E-state index < -0.39 is 36.4 Å². The van der Waals surface area contributed by atoms with Crippen LogP contribution in [0.5, 0.6) is 0 Å². The van der Waals surface area contributed by atoms with Gasteiger partial charge in [-0.15, -0.1) is 0 Å². The largest absolute Gasteiger partial charge is 0.415 e. The number of ketones is 1. The van der Waals surface area contributed by atoms with Gasteiger partial charge in [0.2, 0.25) is 10.0 Å². The Morgan fingerprint density at radius 2 is 1.74 bits per heavy atom. The summed E-state index contributed by atoms with van der Waals surface area (Å²) in [5.41, 5.74) is 0.918. The predicted molar refractivity (Wildman–Crippen MR) is 107 cm³/mol. The van der Waals surface area contributed by atoms with Crippen LogP contribution in [0.1, 0.15) is 26.3 Å². The zero-order valence-corrected chi connectivity index (χ0v) is 18.6. The molecule has 2 rings (SSSR count). The van der Waals surface area contributed by atoms with Gasteiger partial charge in [0.25, 0.3) is 0 Å². The summed E-state index contributed by atoms with van der Waals surface area (Å²) in [6.07, 6.45) is 1.00. The minimum absolute atomic E-state index is 0.0348. The summed E-state index contributed by atoms with van der Waals surface area (Å²) in [5, 5.41) is 10.3. The van der Waals surface area contributed by atoms with Gasteiger partial charge in [-0.3, -0.25) is 4.79 Å². The van der Waals surface area contributed by atoms with Crippen molar-refractivity contribution in [3.8, 4) is 0 Å². The fraction of sp³-hybridized carbons (Fsp3) is 0.526. The van der Waals surface area contributed by atoms with Gasteiger partial charge in [-0.2, -0.15) is 4.31 Å². The fourth-order valence-electron chi connectivity index (χ4n) is 2.49. The Balaban J connectivity index is 2.38. The van der Waals surface area contributed by atoms with Crippen LogP contribution in [-0.4, -0.2) is 50.8 Å². The average molecular weight is 412 g/mol. The van der Waals surface area contributed by atoms with Crippen LogP contribution < -0.4 is 0 Å². The number of carbonyl (C=O) groups excluding carboxylic acids is 1. The molecule has 0 bridgehead atoms. The van der Waals surface area contributed by atoms with Gasteiger partial charge in [0.1, 0.15) is 12.3 Å². The van der Waals surface area contributed by atoms with E-state index in [1.165, 1.54) is 24.3 Å². The van der Waals surface area contributed by atoms with Crippen LogP contribution >= 0.6 is 0 Å². The number of rotatable bonds is 5. The van der Waals surface area contributed by atoms with Crippen LogP contribution in [0.15, 0.2) is 41.3 Å². The zero-order chi connectivity index (χ0) is 20.6. The molecule has 0 aliphatic carbocycles. The topological polar surface area (TPSA) is 83.9 Å². The molecule has 0 aromatic heterocycles. The van der Waals surface area contributed by atoms with Gasteiger partial charge in [0.05, 0.1) is 11.5 Å². The highest BCUT2D eigenvalue weighted by molar-refractivity contribution is 7.89. The highest BCUT2D eigenvalue weighted by Crippen LogP contribution is 2.37. The summed E-state index contributed by atoms with van der Waals surface area (Å²) in [4.78, 5) is 12.5. The van der Waals surface area contributed by atoms with E-state index in [0.29, 0.717) is 0 Å². The molecule has 1 aliphatic rings. The molecule has 6 nitrogen and oxygen atoms in total. The number of aryl methyl sites for hydroxylation is 1. The van der Waals surface area contributed by atoms with Crippen LogP contribution in [0.3, 0.4) is 0 Å². The lowest BCUT2D eigenvalue weighted by molar-refractivity contribution is -0.122. The van der Waals surface area contributed by atoms with Crippen LogP contribution in [0.4, 0.5) is 0 Å². The molecule has 150 valence electrons. The van der Waals surface area contributed by atoms with Gasteiger partial charge >= 0.3 is 0 Å². The summed E-state index contributed by atoms with van der Waals surface area (Å²) >= 11 is 0. The maximum Gasteiger partial charge on any atom is 0.246 e. The maximum absolute atomic E-state index is 13.1. The number of aliphatic hydroxyl groups is 1. The van der Waals surface area contributed by atoms with Gasteiger partial charge in [-0.25, -0.2) is 8.42 Å². The Morgan fingerprint density at radius 3 is 2.26 bits per heavy atom.